The van der Waals surface area contributed by atoms with E-state index in [1.54, 1.807) is 13.3 Å². The van der Waals surface area contributed by atoms with Gasteiger partial charge in [-0.05, 0) is 36.0 Å². The molecule has 2 rings (SSSR count). The predicted molar refractivity (Wildman–Crippen MR) is 93.1 cm³/mol. The molecule has 1 saturated heterocycles. The third-order valence-electron chi connectivity index (χ3n) is 3.19. The second-order valence-electron chi connectivity index (χ2n) is 4.69. The van der Waals surface area contributed by atoms with Crippen LogP contribution in [-0.2, 0) is 6.54 Å². The molecule has 1 aliphatic rings. The normalized spacial score (nSPS) is 16.0. The number of methoxy groups -OCH3 is 1. The van der Waals surface area contributed by atoms with E-state index < -0.39 is 0 Å². The highest BCUT2D eigenvalue weighted by atomic mass is 32.2. The van der Waals surface area contributed by atoms with Crippen LogP contribution in [0, 0.1) is 0 Å². The Hall–Kier alpha value is -1.31. The van der Waals surface area contributed by atoms with Crippen molar-refractivity contribution >= 4 is 35.3 Å². The molecule has 0 saturated carbocycles. The summed E-state index contributed by atoms with van der Waals surface area (Å²) in [6, 6.07) is 6.01. The van der Waals surface area contributed by atoms with E-state index in [2.05, 4.69) is 21.5 Å². The van der Waals surface area contributed by atoms with E-state index in [-0.39, 0.29) is 5.11 Å². The van der Waals surface area contributed by atoms with Crippen LogP contribution >= 0.6 is 24.0 Å². The Bertz CT molecular complexity index is 516. The molecule has 1 fully saturated rings. The third kappa shape index (κ3) is 5.18. The van der Waals surface area contributed by atoms with Gasteiger partial charge in [0, 0.05) is 36.7 Å². The Morgan fingerprint density at radius 3 is 2.95 bits per heavy atom. The number of hydrazone groups is 1. The van der Waals surface area contributed by atoms with Crippen molar-refractivity contribution in [3.63, 3.8) is 0 Å². The molecule has 0 bridgehead atoms. The largest absolute Gasteiger partial charge is 0.496 e. The molecule has 0 atom stereocenters. The van der Waals surface area contributed by atoms with Crippen LogP contribution in [0.2, 0.25) is 0 Å². The zero-order chi connectivity index (χ0) is 15.1. The maximum Gasteiger partial charge on any atom is 0.184 e. The third-order valence-corrected chi connectivity index (χ3v) is 4.22. The number of benzene rings is 1. The number of nitrogens with one attached hydrogen (secondary N) is 1. The van der Waals surface area contributed by atoms with Crippen LogP contribution in [0.5, 0.6) is 5.75 Å². The maximum atomic E-state index is 5.45. The first-order chi connectivity index (χ1) is 10.2. The van der Waals surface area contributed by atoms with E-state index in [1.807, 2.05) is 23.9 Å². The van der Waals surface area contributed by atoms with Gasteiger partial charge in [0.25, 0.3) is 0 Å². The topological polar surface area (TPSA) is 62.9 Å². The monoisotopic (exact) mass is 324 g/mol. The molecular weight excluding hydrogens is 304 g/mol. The van der Waals surface area contributed by atoms with Gasteiger partial charge in [0.05, 0.1) is 13.3 Å². The van der Waals surface area contributed by atoms with Crippen molar-refractivity contribution in [3.05, 3.63) is 29.3 Å². The molecule has 1 heterocycles. The Morgan fingerprint density at radius 2 is 2.29 bits per heavy atom. The summed E-state index contributed by atoms with van der Waals surface area (Å²) >= 11 is 6.72. The van der Waals surface area contributed by atoms with E-state index in [0.717, 1.165) is 30.9 Å². The van der Waals surface area contributed by atoms with Crippen molar-refractivity contribution in [1.29, 1.82) is 0 Å². The summed E-state index contributed by atoms with van der Waals surface area (Å²) < 4.78 is 5.45. The van der Waals surface area contributed by atoms with E-state index >= 15 is 0 Å². The Balaban J connectivity index is 2.09. The van der Waals surface area contributed by atoms with E-state index in [0.29, 0.717) is 0 Å². The van der Waals surface area contributed by atoms with Crippen molar-refractivity contribution in [2.45, 2.75) is 6.54 Å². The maximum absolute atomic E-state index is 5.45. The molecule has 1 aliphatic heterocycles. The minimum atomic E-state index is 0.158. The Labute approximate surface area is 134 Å². The first-order valence-corrected chi connectivity index (χ1v) is 8.31. The smallest absolute Gasteiger partial charge is 0.184 e. The van der Waals surface area contributed by atoms with Crippen LogP contribution < -0.4 is 15.9 Å². The van der Waals surface area contributed by atoms with Gasteiger partial charge in [-0.1, -0.05) is 0 Å². The van der Waals surface area contributed by atoms with Crippen molar-refractivity contribution < 1.29 is 4.74 Å². The molecule has 0 radical (unpaired) electrons. The van der Waals surface area contributed by atoms with Gasteiger partial charge >= 0.3 is 0 Å². The quantitative estimate of drug-likeness (QED) is 0.485. The minimum absolute atomic E-state index is 0.158. The molecule has 0 spiro atoms. The van der Waals surface area contributed by atoms with Crippen LogP contribution in [0.3, 0.4) is 0 Å². The molecule has 1 aromatic carbocycles. The number of hydrogen-bond acceptors (Lipinski definition) is 5. The number of thioether (sulfide) groups is 1. The number of rotatable bonds is 5. The Morgan fingerprint density at radius 1 is 1.52 bits per heavy atom. The molecule has 0 amide bonds. The summed E-state index contributed by atoms with van der Waals surface area (Å²) in [7, 11) is 1.70. The molecular formula is C14H20N4OS2. The summed E-state index contributed by atoms with van der Waals surface area (Å²) in [5.41, 5.74) is 10.0. The average Bonchev–Trinajstić information content (AvgIpc) is 2.48. The first-order valence-electron chi connectivity index (χ1n) is 6.74. The van der Waals surface area contributed by atoms with E-state index in [9.17, 15) is 0 Å². The molecule has 114 valence electrons. The van der Waals surface area contributed by atoms with Crippen molar-refractivity contribution in [1.82, 2.24) is 10.3 Å². The number of hydrogen-bond donors (Lipinski definition) is 2. The van der Waals surface area contributed by atoms with E-state index in [1.165, 1.54) is 17.1 Å². The van der Waals surface area contributed by atoms with Gasteiger partial charge in [-0.2, -0.15) is 16.9 Å². The molecule has 0 aromatic heterocycles. The van der Waals surface area contributed by atoms with Crippen molar-refractivity contribution in [3.8, 4) is 5.75 Å². The molecule has 1 aromatic rings. The highest BCUT2D eigenvalue weighted by Crippen LogP contribution is 2.22. The number of nitrogens with two attached hydrogens (primary N) is 1. The van der Waals surface area contributed by atoms with Crippen molar-refractivity contribution in [2.24, 2.45) is 10.8 Å². The fourth-order valence-electron chi connectivity index (χ4n) is 2.17. The van der Waals surface area contributed by atoms with Crippen LogP contribution in [0.4, 0.5) is 0 Å². The van der Waals surface area contributed by atoms with Gasteiger partial charge in [0.1, 0.15) is 5.75 Å². The molecule has 0 aliphatic carbocycles. The van der Waals surface area contributed by atoms with Gasteiger partial charge < -0.3 is 10.5 Å². The standard InChI is InChI=1S/C14H20N4OS2/c1-19-13-3-2-11(9-16-17-14(15)20)8-12(13)10-18-4-6-21-7-5-18/h2-3,8-9H,4-7,10H2,1H3,(H3,15,17,20). The van der Waals surface area contributed by atoms with Crippen molar-refractivity contribution in [2.75, 3.05) is 31.7 Å². The van der Waals surface area contributed by atoms with Crippen LogP contribution in [-0.4, -0.2) is 47.9 Å². The lowest BCUT2D eigenvalue weighted by Gasteiger charge is -2.26. The van der Waals surface area contributed by atoms with Crippen LogP contribution in [0.25, 0.3) is 0 Å². The highest BCUT2D eigenvalue weighted by molar-refractivity contribution is 7.99. The zero-order valence-electron chi connectivity index (χ0n) is 12.0. The molecule has 0 unspecified atom stereocenters. The minimum Gasteiger partial charge on any atom is -0.496 e. The second-order valence-corrected chi connectivity index (χ2v) is 6.36. The lowest BCUT2D eigenvalue weighted by atomic mass is 10.1. The van der Waals surface area contributed by atoms with Gasteiger partial charge in [0.2, 0.25) is 0 Å². The average molecular weight is 324 g/mol. The zero-order valence-corrected chi connectivity index (χ0v) is 13.7. The fraction of sp³-hybridized carbons (Fsp3) is 0.429. The first kappa shape index (κ1) is 16.1. The lowest BCUT2D eigenvalue weighted by molar-refractivity contribution is 0.288. The summed E-state index contributed by atoms with van der Waals surface area (Å²) in [6.45, 7) is 3.14. The summed E-state index contributed by atoms with van der Waals surface area (Å²) in [4.78, 5) is 2.45. The van der Waals surface area contributed by atoms with Crippen LogP contribution in [0.15, 0.2) is 23.3 Å². The molecule has 3 N–H and O–H groups in total. The molecule has 21 heavy (non-hydrogen) atoms. The van der Waals surface area contributed by atoms with Crippen LogP contribution in [0.1, 0.15) is 11.1 Å². The van der Waals surface area contributed by atoms with Gasteiger partial charge in [0.15, 0.2) is 5.11 Å². The summed E-state index contributed by atoms with van der Waals surface area (Å²) in [6.07, 6.45) is 1.70. The second kappa shape index (κ2) is 8.21. The predicted octanol–water partition coefficient (Wildman–Crippen LogP) is 1.41. The lowest BCUT2D eigenvalue weighted by Crippen LogP contribution is -2.32. The highest BCUT2D eigenvalue weighted by Gasteiger charge is 2.13. The molecule has 5 nitrogen and oxygen atoms in total. The number of ether oxygens (including phenoxy) is 1. The number of nitrogens with zero attached hydrogens (tertiary/aromatic N) is 2. The fourth-order valence-corrected chi connectivity index (χ4v) is 3.20. The number of thiocarbonyl (C=S) groups is 1. The van der Waals surface area contributed by atoms with Gasteiger partial charge in [-0.15, -0.1) is 0 Å². The Kier molecular flexibility index (Phi) is 6.28. The SMILES string of the molecule is COc1ccc(C=NNC(N)=S)cc1CN1CCSCC1. The van der Waals surface area contributed by atoms with Gasteiger partial charge in [-0.25, -0.2) is 0 Å². The summed E-state index contributed by atoms with van der Waals surface area (Å²) in [5.74, 6) is 3.30. The molecule has 7 heteroatoms. The van der Waals surface area contributed by atoms with Gasteiger partial charge in [-0.3, -0.25) is 10.3 Å². The van der Waals surface area contributed by atoms with E-state index in [4.69, 9.17) is 22.7 Å². The summed E-state index contributed by atoms with van der Waals surface area (Å²) in [5, 5.41) is 4.14.